The second-order valence-corrected chi connectivity index (χ2v) is 0. The molecular formula is H4O4Ti2Zn. The summed E-state index contributed by atoms with van der Waals surface area (Å²) in [7, 11) is 0. The van der Waals surface area contributed by atoms with E-state index in [1.807, 2.05) is 0 Å². The van der Waals surface area contributed by atoms with Gasteiger partial charge in [0.1, 0.15) is 0 Å². The molecule has 0 aromatic heterocycles. The molecule has 0 bridgehead atoms. The van der Waals surface area contributed by atoms with E-state index in [1.165, 1.54) is 0 Å². The zero-order valence-electron chi connectivity index (χ0n) is 3.50. The first kappa shape index (κ1) is 155. The van der Waals surface area contributed by atoms with Crippen LogP contribution < -0.4 is 0 Å². The molecule has 0 saturated heterocycles. The molecule has 0 saturated carbocycles. The van der Waals surface area contributed by atoms with Gasteiger partial charge in [-0.1, -0.05) is 0 Å². The zero-order chi connectivity index (χ0) is 0. The summed E-state index contributed by atoms with van der Waals surface area (Å²) in [6.07, 6.45) is 0. The molecule has 0 aliphatic heterocycles. The van der Waals surface area contributed by atoms with Crippen LogP contribution in [0.2, 0.25) is 0 Å². The van der Waals surface area contributed by atoms with Gasteiger partial charge in [-0.3, -0.25) is 0 Å². The molecule has 0 heterocycles. The topological polar surface area (TPSA) is 120 Å². The van der Waals surface area contributed by atoms with E-state index in [9.17, 15) is 0 Å². The minimum atomic E-state index is 0. The fraction of sp³-hybridized carbons (Fsp3) is 0. The van der Waals surface area contributed by atoms with Crippen molar-refractivity contribution in [2.75, 3.05) is 0 Å². The van der Waals surface area contributed by atoms with E-state index in [0.717, 1.165) is 0 Å². The molecule has 7 heavy (non-hydrogen) atoms. The molecule has 0 amide bonds. The van der Waals surface area contributed by atoms with Crippen molar-refractivity contribution in [3.8, 4) is 0 Å². The molecule has 38 valence electrons. The predicted molar refractivity (Wildman–Crippen MR) is 7.74 cm³/mol. The van der Waals surface area contributed by atoms with Gasteiger partial charge < -0.3 is 21.9 Å². The molecule has 0 spiro atoms. The van der Waals surface area contributed by atoms with Gasteiger partial charge in [0.15, 0.2) is 0 Å². The summed E-state index contributed by atoms with van der Waals surface area (Å²) in [5.74, 6) is 0. The summed E-state index contributed by atoms with van der Waals surface area (Å²) < 4.78 is 0. The molecule has 4 nitrogen and oxygen atoms in total. The average molecular weight is 229 g/mol. The van der Waals surface area contributed by atoms with E-state index in [2.05, 4.69) is 0 Å². The summed E-state index contributed by atoms with van der Waals surface area (Å²) in [6, 6.07) is 0. The second kappa shape index (κ2) is 105. The molecule has 7 heteroatoms. The quantitative estimate of drug-likeness (QED) is 0.509. The van der Waals surface area contributed by atoms with Crippen LogP contribution >= 0.6 is 0 Å². The Morgan fingerprint density at radius 2 is 0.571 bits per heavy atom. The fourth-order valence-corrected chi connectivity index (χ4v) is 0. The van der Waals surface area contributed by atoms with Crippen LogP contribution in [0.25, 0.3) is 0 Å². The number of hydrogen-bond acceptors (Lipinski definition) is 4. The number of rotatable bonds is 0. The molecule has 0 radical (unpaired) electrons. The molecule has 4 N–H and O–H groups in total. The summed E-state index contributed by atoms with van der Waals surface area (Å²) in [5, 5.41) is 0. The van der Waals surface area contributed by atoms with Gasteiger partial charge in [-0.25, -0.2) is 0 Å². The van der Waals surface area contributed by atoms with E-state index in [4.69, 9.17) is 0 Å². The third kappa shape index (κ3) is 76.5. The second-order valence-electron chi connectivity index (χ2n) is 0. The van der Waals surface area contributed by atoms with Crippen molar-refractivity contribution in [3.63, 3.8) is 0 Å². The van der Waals surface area contributed by atoms with E-state index in [0.29, 0.717) is 0 Å². The van der Waals surface area contributed by atoms with E-state index in [1.54, 1.807) is 0 Å². The first-order chi connectivity index (χ1) is 0. The van der Waals surface area contributed by atoms with Crippen molar-refractivity contribution in [1.29, 1.82) is 0 Å². The van der Waals surface area contributed by atoms with Crippen LogP contribution in [0.3, 0.4) is 0 Å². The molecule has 0 aromatic carbocycles. The van der Waals surface area contributed by atoms with Crippen LogP contribution in [-0.2, 0) is 62.9 Å². The molecule has 0 unspecified atom stereocenters. The third-order valence-electron chi connectivity index (χ3n) is 0. The normalized spacial score (nSPS) is 0. The van der Waals surface area contributed by atoms with Crippen molar-refractivity contribution >= 4 is 0 Å². The Balaban J connectivity index is 0. The van der Waals surface area contributed by atoms with Gasteiger partial charge in [0.25, 0.3) is 0 Å². The van der Waals surface area contributed by atoms with Gasteiger partial charge in [0.05, 0.1) is 0 Å². The average Bonchev–Trinajstić information content (AvgIpc) is 0. The number of hydrogen-bond donors (Lipinski definition) is 0. The third-order valence-corrected chi connectivity index (χ3v) is 0. The Labute approximate surface area is 84.2 Å². The van der Waals surface area contributed by atoms with Crippen LogP contribution in [0.5, 0.6) is 0 Å². The van der Waals surface area contributed by atoms with E-state index in [-0.39, 0.29) is 84.8 Å². The summed E-state index contributed by atoms with van der Waals surface area (Å²) >= 11 is 0. The Hall–Kier alpha value is 1.89. The molecule has 0 fully saturated rings. The monoisotopic (exact) mass is 228 g/mol. The van der Waals surface area contributed by atoms with Crippen molar-refractivity contribution in [1.82, 2.24) is 0 Å². The predicted octanol–water partition coefficient (Wildman–Crippen LogP) is -0.715. The Morgan fingerprint density at radius 3 is 0.571 bits per heavy atom. The van der Waals surface area contributed by atoms with Crippen LogP contribution in [0.15, 0.2) is 0 Å². The maximum absolute atomic E-state index is 0. The minimum Gasteiger partial charge on any atom is -0.870 e. The maximum Gasteiger partial charge on any atom is 2.00 e. The van der Waals surface area contributed by atoms with Crippen LogP contribution in [-0.4, -0.2) is 21.9 Å². The molecule has 0 aliphatic rings. The van der Waals surface area contributed by atoms with E-state index >= 15 is 0 Å². The Morgan fingerprint density at radius 1 is 0.571 bits per heavy atom. The summed E-state index contributed by atoms with van der Waals surface area (Å²) in [6.45, 7) is 0. The molecule has 0 aromatic rings. The molecule has 0 rings (SSSR count). The standard InChI is InChI=1S/4H2O.2Ti.Zn/h4*1H2;;;/q;;;;;2*+2/p-4. The van der Waals surface area contributed by atoms with Gasteiger partial charge in [0, 0.05) is 21.7 Å². The molecule has 0 aliphatic carbocycles. The van der Waals surface area contributed by atoms with Crippen LogP contribution in [0.1, 0.15) is 0 Å². The van der Waals surface area contributed by atoms with Crippen molar-refractivity contribution in [3.05, 3.63) is 0 Å². The molecular weight excluding hydrogens is 225 g/mol. The van der Waals surface area contributed by atoms with Crippen molar-refractivity contribution in [2.24, 2.45) is 0 Å². The first-order valence-corrected chi connectivity index (χ1v) is 0. The molecule has 0 atom stereocenters. The van der Waals surface area contributed by atoms with Crippen molar-refractivity contribution in [2.45, 2.75) is 0 Å². The van der Waals surface area contributed by atoms with Crippen LogP contribution in [0.4, 0.5) is 0 Å². The van der Waals surface area contributed by atoms with Gasteiger partial charge >= 0.3 is 41.2 Å². The van der Waals surface area contributed by atoms with Crippen molar-refractivity contribution < 1.29 is 84.8 Å². The van der Waals surface area contributed by atoms with E-state index < -0.39 is 0 Å². The summed E-state index contributed by atoms with van der Waals surface area (Å²) in [5.41, 5.74) is 0. The Kier molecular flexibility index (Phi) is 2310. The van der Waals surface area contributed by atoms with Gasteiger partial charge in [-0.05, 0) is 0 Å². The summed E-state index contributed by atoms with van der Waals surface area (Å²) in [4.78, 5) is 0. The zero-order valence-corrected chi connectivity index (χ0v) is 9.59. The SMILES string of the molecule is [OH-].[OH-].[OH-].[OH-].[Ti+2].[Ti].[Zn+2]. The smallest absolute Gasteiger partial charge is 0.870 e. The van der Waals surface area contributed by atoms with Gasteiger partial charge in [0.2, 0.25) is 0 Å². The first-order valence-electron chi connectivity index (χ1n) is 0. The minimum absolute atomic E-state index is 0. The van der Waals surface area contributed by atoms with Crippen LogP contribution in [0, 0.1) is 0 Å². The largest absolute Gasteiger partial charge is 2.00 e. The Bertz CT molecular complexity index is 9.65. The fourth-order valence-electron chi connectivity index (χ4n) is 0. The maximum atomic E-state index is 0. The van der Waals surface area contributed by atoms with Gasteiger partial charge in [-0.15, -0.1) is 0 Å². The van der Waals surface area contributed by atoms with Gasteiger partial charge in [-0.2, -0.15) is 0 Å².